The first-order chi connectivity index (χ1) is 12.5. The third-order valence-electron chi connectivity index (χ3n) is 4.41. The van der Waals surface area contributed by atoms with Gasteiger partial charge in [0.2, 0.25) is 5.91 Å². The van der Waals surface area contributed by atoms with Crippen molar-refractivity contribution in [2.24, 2.45) is 0 Å². The van der Waals surface area contributed by atoms with Crippen LogP contribution in [0, 0.1) is 6.92 Å². The van der Waals surface area contributed by atoms with Crippen LogP contribution in [0.25, 0.3) is 10.6 Å². The van der Waals surface area contributed by atoms with E-state index in [-0.39, 0.29) is 5.91 Å². The van der Waals surface area contributed by atoms with Crippen molar-refractivity contribution in [3.63, 3.8) is 0 Å². The number of carbonyl (C=O) groups excluding carboxylic acids is 1. The summed E-state index contributed by atoms with van der Waals surface area (Å²) >= 11 is 1.69. The number of thiophene rings is 1. The molecule has 0 aliphatic rings. The number of benzene rings is 1. The van der Waals surface area contributed by atoms with Crippen molar-refractivity contribution < 1.29 is 4.79 Å². The van der Waals surface area contributed by atoms with Crippen LogP contribution in [-0.4, -0.2) is 22.2 Å². The molecule has 0 bridgehead atoms. The molecule has 136 valence electrons. The Morgan fingerprint density at radius 3 is 2.65 bits per heavy atom. The lowest BCUT2D eigenvalue weighted by Gasteiger charge is -2.08. The summed E-state index contributed by atoms with van der Waals surface area (Å²) in [6.07, 6.45) is 0.414. The molecular formula is C21H25N3OS. The molecule has 0 saturated heterocycles. The Hall–Kier alpha value is -2.40. The first-order valence-electron chi connectivity index (χ1n) is 8.97. The van der Waals surface area contributed by atoms with Crippen molar-refractivity contribution in [3.05, 3.63) is 64.7 Å². The predicted molar refractivity (Wildman–Crippen MR) is 108 cm³/mol. The Balaban J connectivity index is 1.49. The van der Waals surface area contributed by atoms with E-state index < -0.39 is 0 Å². The molecule has 2 heterocycles. The standard InChI is InChI=1S/C21H25N3OS/c1-15(2)18-8-6-17(7-9-18)14-21(25)22-10-11-24-16(3)13-19(23-24)20-5-4-12-26-20/h4-9,12-13,15H,10-11,14H2,1-3H3,(H,22,25). The molecule has 4 nitrogen and oxygen atoms in total. The number of hydrogen-bond acceptors (Lipinski definition) is 3. The van der Waals surface area contributed by atoms with Gasteiger partial charge in [0.05, 0.1) is 17.8 Å². The molecule has 1 aromatic carbocycles. The number of rotatable bonds is 7. The van der Waals surface area contributed by atoms with Crippen LogP contribution < -0.4 is 5.32 Å². The van der Waals surface area contributed by atoms with Crippen molar-refractivity contribution in [2.45, 2.75) is 39.7 Å². The molecule has 0 radical (unpaired) electrons. The van der Waals surface area contributed by atoms with Gasteiger partial charge in [-0.15, -0.1) is 11.3 Å². The second kappa shape index (κ2) is 8.32. The van der Waals surface area contributed by atoms with Crippen LogP contribution in [-0.2, 0) is 17.8 Å². The SMILES string of the molecule is Cc1cc(-c2cccs2)nn1CCNC(=O)Cc1ccc(C(C)C)cc1. The molecule has 0 aliphatic carbocycles. The summed E-state index contributed by atoms with van der Waals surface area (Å²) in [5.74, 6) is 0.555. The molecule has 1 amide bonds. The van der Waals surface area contributed by atoms with Crippen molar-refractivity contribution in [1.82, 2.24) is 15.1 Å². The molecule has 0 spiro atoms. The molecule has 3 aromatic rings. The molecule has 0 aliphatic heterocycles. The Morgan fingerprint density at radius 2 is 2.00 bits per heavy atom. The number of aromatic nitrogens is 2. The monoisotopic (exact) mass is 367 g/mol. The predicted octanol–water partition coefficient (Wildman–Crippen LogP) is 4.40. The largest absolute Gasteiger partial charge is 0.354 e. The van der Waals surface area contributed by atoms with Gasteiger partial charge in [-0.1, -0.05) is 44.2 Å². The van der Waals surface area contributed by atoms with Gasteiger partial charge in [0, 0.05) is 12.2 Å². The molecule has 3 rings (SSSR count). The lowest BCUT2D eigenvalue weighted by atomic mass is 10.0. The quantitative estimate of drug-likeness (QED) is 0.673. The number of amides is 1. The van der Waals surface area contributed by atoms with Crippen LogP contribution >= 0.6 is 11.3 Å². The third kappa shape index (κ3) is 4.61. The van der Waals surface area contributed by atoms with Crippen LogP contribution in [0.1, 0.15) is 36.6 Å². The lowest BCUT2D eigenvalue weighted by Crippen LogP contribution is -2.29. The zero-order chi connectivity index (χ0) is 18.5. The lowest BCUT2D eigenvalue weighted by molar-refractivity contribution is -0.120. The molecule has 0 saturated carbocycles. The second-order valence-corrected chi connectivity index (χ2v) is 7.74. The van der Waals surface area contributed by atoms with E-state index in [0.29, 0.717) is 25.4 Å². The van der Waals surface area contributed by atoms with E-state index in [2.05, 4.69) is 53.9 Å². The van der Waals surface area contributed by atoms with E-state index >= 15 is 0 Å². The summed E-state index contributed by atoms with van der Waals surface area (Å²) in [6.45, 7) is 7.64. The molecule has 0 unspecified atom stereocenters. The number of aryl methyl sites for hydroxylation is 1. The Morgan fingerprint density at radius 1 is 1.23 bits per heavy atom. The summed E-state index contributed by atoms with van der Waals surface area (Å²) in [7, 11) is 0. The fourth-order valence-corrected chi connectivity index (χ4v) is 3.53. The van der Waals surface area contributed by atoms with E-state index in [4.69, 9.17) is 0 Å². The molecule has 0 fully saturated rings. The maximum absolute atomic E-state index is 12.2. The molecule has 5 heteroatoms. The minimum absolute atomic E-state index is 0.0468. The van der Waals surface area contributed by atoms with E-state index in [9.17, 15) is 4.79 Å². The molecular weight excluding hydrogens is 342 g/mol. The van der Waals surface area contributed by atoms with E-state index in [1.807, 2.05) is 29.8 Å². The Kier molecular flexibility index (Phi) is 5.89. The van der Waals surface area contributed by atoms with Crippen molar-refractivity contribution in [1.29, 1.82) is 0 Å². The average Bonchev–Trinajstić information content (AvgIpc) is 3.25. The van der Waals surface area contributed by atoms with Gasteiger partial charge in [-0.3, -0.25) is 9.48 Å². The molecule has 2 aromatic heterocycles. The van der Waals surface area contributed by atoms with Gasteiger partial charge in [-0.25, -0.2) is 0 Å². The number of nitrogens with one attached hydrogen (secondary N) is 1. The zero-order valence-electron chi connectivity index (χ0n) is 15.5. The van der Waals surface area contributed by atoms with Gasteiger partial charge >= 0.3 is 0 Å². The maximum Gasteiger partial charge on any atom is 0.224 e. The van der Waals surface area contributed by atoms with Crippen molar-refractivity contribution in [3.8, 4) is 10.6 Å². The Bertz CT molecular complexity index is 848. The van der Waals surface area contributed by atoms with Crippen LogP contribution in [0.15, 0.2) is 47.8 Å². The highest BCUT2D eigenvalue weighted by molar-refractivity contribution is 7.13. The van der Waals surface area contributed by atoms with E-state index in [1.165, 1.54) is 10.4 Å². The minimum atomic E-state index is 0.0468. The average molecular weight is 368 g/mol. The van der Waals surface area contributed by atoms with Crippen molar-refractivity contribution >= 4 is 17.2 Å². The number of hydrogen-bond donors (Lipinski definition) is 1. The van der Waals surface area contributed by atoms with E-state index in [1.54, 1.807) is 11.3 Å². The number of carbonyl (C=O) groups is 1. The van der Waals surface area contributed by atoms with Crippen LogP contribution in [0.5, 0.6) is 0 Å². The highest BCUT2D eigenvalue weighted by Crippen LogP contribution is 2.23. The van der Waals surface area contributed by atoms with Gasteiger partial charge < -0.3 is 5.32 Å². The second-order valence-electron chi connectivity index (χ2n) is 6.79. The van der Waals surface area contributed by atoms with Crippen LogP contribution in [0.4, 0.5) is 0 Å². The molecule has 1 N–H and O–H groups in total. The summed E-state index contributed by atoms with van der Waals surface area (Å²) in [6, 6.07) is 14.5. The van der Waals surface area contributed by atoms with E-state index in [0.717, 1.165) is 17.0 Å². The summed E-state index contributed by atoms with van der Waals surface area (Å²) in [5.41, 5.74) is 4.44. The highest BCUT2D eigenvalue weighted by atomic mass is 32.1. The fourth-order valence-electron chi connectivity index (χ4n) is 2.85. The Labute approximate surface area is 158 Å². The van der Waals surface area contributed by atoms with Crippen LogP contribution in [0.2, 0.25) is 0 Å². The third-order valence-corrected chi connectivity index (χ3v) is 5.30. The van der Waals surface area contributed by atoms with Crippen molar-refractivity contribution in [2.75, 3.05) is 6.54 Å². The van der Waals surface area contributed by atoms with Gasteiger partial charge in [0.15, 0.2) is 0 Å². The normalized spacial score (nSPS) is 11.1. The molecule has 26 heavy (non-hydrogen) atoms. The smallest absolute Gasteiger partial charge is 0.224 e. The first-order valence-corrected chi connectivity index (χ1v) is 9.85. The minimum Gasteiger partial charge on any atom is -0.354 e. The highest BCUT2D eigenvalue weighted by Gasteiger charge is 2.08. The topological polar surface area (TPSA) is 46.9 Å². The number of nitrogens with zero attached hydrogens (tertiary/aromatic N) is 2. The summed E-state index contributed by atoms with van der Waals surface area (Å²) < 4.78 is 1.95. The van der Waals surface area contributed by atoms with Gasteiger partial charge in [-0.05, 0) is 41.5 Å². The first kappa shape index (κ1) is 18.4. The van der Waals surface area contributed by atoms with Crippen LogP contribution in [0.3, 0.4) is 0 Å². The summed E-state index contributed by atoms with van der Waals surface area (Å²) in [4.78, 5) is 13.3. The fraction of sp³-hybridized carbons (Fsp3) is 0.333. The molecule has 0 atom stereocenters. The van der Waals surface area contributed by atoms with Gasteiger partial charge in [0.25, 0.3) is 0 Å². The zero-order valence-corrected chi connectivity index (χ0v) is 16.3. The van der Waals surface area contributed by atoms with Gasteiger partial charge in [-0.2, -0.15) is 5.10 Å². The summed E-state index contributed by atoms with van der Waals surface area (Å²) in [5, 5.41) is 9.68. The van der Waals surface area contributed by atoms with Gasteiger partial charge in [0.1, 0.15) is 5.69 Å². The maximum atomic E-state index is 12.2.